The molecule has 7 heteroatoms. The number of carbonyl (C=O) groups excluding carboxylic acids is 1. The molecular formula is C21H32N2O4S. The van der Waals surface area contributed by atoms with E-state index in [0.29, 0.717) is 44.3 Å². The summed E-state index contributed by atoms with van der Waals surface area (Å²) in [5.74, 6) is 0.676. The van der Waals surface area contributed by atoms with Gasteiger partial charge >= 0.3 is 0 Å². The molecule has 1 N–H and O–H groups in total. The van der Waals surface area contributed by atoms with E-state index in [0.717, 1.165) is 12.8 Å². The van der Waals surface area contributed by atoms with Crippen molar-refractivity contribution in [2.45, 2.75) is 69.2 Å². The predicted molar refractivity (Wildman–Crippen MR) is 109 cm³/mol. The lowest BCUT2D eigenvalue weighted by atomic mass is 9.96. The third-order valence-corrected chi connectivity index (χ3v) is 7.71. The van der Waals surface area contributed by atoms with Crippen LogP contribution in [0.3, 0.4) is 0 Å². The number of piperidine rings is 1. The number of benzene rings is 1. The smallest absolute Gasteiger partial charge is 0.243 e. The molecule has 0 spiro atoms. The van der Waals surface area contributed by atoms with Crippen LogP contribution in [-0.4, -0.2) is 44.4 Å². The second kappa shape index (κ2) is 9.74. The number of nitrogens with one attached hydrogen (secondary N) is 1. The highest BCUT2D eigenvalue weighted by Crippen LogP contribution is 2.26. The van der Waals surface area contributed by atoms with Gasteiger partial charge in [0.2, 0.25) is 15.9 Å². The lowest BCUT2D eigenvalue weighted by Crippen LogP contribution is -2.45. The standard InChI is InChI=1S/C21H32N2O4S/c1-2-27-19-9-11-20(12-10-19)28(25,26)23-15-13-17(14-16-23)21(24)22-18-7-5-3-4-6-8-18/h9-12,17-18H,2-8,13-16H2,1H3,(H,22,24). The molecule has 1 saturated heterocycles. The van der Waals surface area contributed by atoms with Gasteiger partial charge in [-0.3, -0.25) is 4.79 Å². The molecule has 1 amide bonds. The molecule has 1 heterocycles. The summed E-state index contributed by atoms with van der Waals surface area (Å²) >= 11 is 0. The zero-order valence-corrected chi connectivity index (χ0v) is 17.5. The van der Waals surface area contributed by atoms with E-state index >= 15 is 0 Å². The van der Waals surface area contributed by atoms with Gasteiger partial charge in [0.05, 0.1) is 11.5 Å². The molecule has 1 aliphatic heterocycles. The summed E-state index contributed by atoms with van der Waals surface area (Å²) in [5.41, 5.74) is 0. The highest BCUT2D eigenvalue weighted by atomic mass is 32.2. The van der Waals surface area contributed by atoms with Crippen LogP contribution >= 0.6 is 0 Å². The Kier molecular flexibility index (Phi) is 7.35. The maximum absolute atomic E-state index is 12.9. The number of carbonyl (C=O) groups is 1. The summed E-state index contributed by atoms with van der Waals surface area (Å²) in [4.78, 5) is 12.9. The third-order valence-electron chi connectivity index (χ3n) is 5.80. The molecule has 0 radical (unpaired) electrons. The molecule has 0 unspecified atom stereocenters. The molecule has 2 aliphatic rings. The molecule has 3 rings (SSSR count). The average molecular weight is 409 g/mol. The van der Waals surface area contributed by atoms with Gasteiger partial charge in [-0.15, -0.1) is 0 Å². The van der Waals surface area contributed by atoms with Crippen LogP contribution in [-0.2, 0) is 14.8 Å². The summed E-state index contributed by atoms with van der Waals surface area (Å²) in [5, 5.41) is 3.21. The van der Waals surface area contributed by atoms with Gasteiger partial charge < -0.3 is 10.1 Å². The monoisotopic (exact) mass is 408 g/mol. The van der Waals surface area contributed by atoms with Crippen molar-refractivity contribution in [3.05, 3.63) is 24.3 Å². The highest BCUT2D eigenvalue weighted by molar-refractivity contribution is 7.89. The number of nitrogens with zero attached hydrogens (tertiary/aromatic N) is 1. The zero-order valence-electron chi connectivity index (χ0n) is 16.7. The number of hydrogen-bond donors (Lipinski definition) is 1. The first kappa shape index (κ1) is 21.1. The maximum atomic E-state index is 12.9. The van der Waals surface area contributed by atoms with Gasteiger partial charge in [-0.2, -0.15) is 4.31 Å². The van der Waals surface area contributed by atoms with Gasteiger partial charge in [0, 0.05) is 25.0 Å². The third kappa shape index (κ3) is 5.26. The van der Waals surface area contributed by atoms with E-state index in [2.05, 4.69) is 5.32 Å². The van der Waals surface area contributed by atoms with Crippen LogP contribution in [0.5, 0.6) is 5.75 Å². The quantitative estimate of drug-likeness (QED) is 0.733. The largest absolute Gasteiger partial charge is 0.494 e. The van der Waals surface area contributed by atoms with E-state index in [-0.39, 0.29) is 16.7 Å². The Morgan fingerprint density at radius 2 is 1.64 bits per heavy atom. The Morgan fingerprint density at radius 1 is 1.04 bits per heavy atom. The van der Waals surface area contributed by atoms with E-state index in [9.17, 15) is 13.2 Å². The fourth-order valence-electron chi connectivity index (χ4n) is 4.12. The van der Waals surface area contributed by atoms with Gasteiger partial charge in [0.1, 0.15) is 5.75 Å². The van der Waals surface area contributed by atoms with Gasteiger partial charge in [0.15, 0.2) is 0 Å². The molecular weight excluding hydrogens is 376 g/mol. The molecule has 0 bridgehead atoms. The molecule has 1 aromatic carbocycles. The summed E-state index contributed by atoms with van der Waals surface area (Å²) in [6.45, 7) is 3.21. The molecule has 1 aliphatic carbocycles. The van der Waals surface area contributed by atoms with E-state index in [1.165, 1.54) is 30.0 Å². The Balaban J connectivity index is 1.54. The normalized spacial score (nSPS) is 20.5. The van der Waals surface area contributed by atoms with Gasteiger partial charge in [-0.05, 0) is 56.9 Å². The number of amides is 1. The van der Waals surface area contributed by atoms with Crippen LogP contribution in [0.1, 0.15) is 58.3 Å². The van der Waals surface area contributed by atoms with E-state index in [1.807, 2.05) is 6.92 Å². The lowest BCUT2D eigenvalue weighted by Gasteiger charge is -2.31. The Bertz CT molecular complexity index is 732. The average Bonchev–Trinajstić information content (AvgIpc) is 2.97. The Labute approximate surface area is 168 Å². The van der Waals surface area contributed by atoms with Gasteiger partial charge in [-0.25, -0.2) is 8.42 Å². The molecule has 0 atom stereocenters. The van der Waals surface area contributed by atoms with Crippen LogP contribution in [0.2, 0.25) is 0 Å². The lowest BCUT2D eigenvalue weighted by molar-refractivity contribution is -0.126. The Morgan fingerprint density at radius 3 is 2.21 bits per heavy atom. The molecule has 0 aromatic heterocycles. The van der Waals surface area contributed by atoms with E-state index < -0.39 is 10.0 Å². The highest BCUT2D eigenvalue weighted by Gasteiger charge is 2.32. The fraction of sp³-hybridized carbons (Fsp3) is 0.667. The van der Waals surface area contributed by atoms with E-state index in [4.69, 9.17) is 4.74 Å². The van der Waals surface area contributed by atoms with Crippen LogP contribution in [0.4, 0.5) is 0 Å². The van der Waals surface area contributed by atoms with Crippen molar-refractivity contribution in [2.75, 3.05) is 19.7 Å². The summed E-state index contributed by atoms with van der Waals surface area (Å²) < 4.78 is 32.6. The van der Waals surface area contributed by atoms with Crippen molar-refractivity contribution in [3.63, 3.8) is 0 Å². The molecule has 2 fully saturated rings. The minimum atomic E-state index is -3.53. The SMILES string of the molecule is CCOc1ccc(S(=O)(=O)N2CCC(C(=O)NC3CCCCCC3)CC2)cc1. The number of rotatable bonds is 6. The van der Waals surface area contributed by atoms with Crippen LogP contribution in [0.15, 0.2) is 29.2 Å². The summed E-state index contributed by atoms with van der Waals surface area (Å²) in [6, 6.07) is 6.84. The predicted octanol–water partition coefficient (Wildman–Crippen LogP) is 3.33. The summed E-state index contributed by atoms with van der Waals surface area (Å²) in [7, 11) is -3.53. The van der Waals surface area contributed by atoms with Crippen molar-refractivity contribution in [1.82, 2.24) is 9.62 Å². The molecule has 1 aromatic rings. The van der Waals surface area contributed by atoms with Crippen molar-refractivity contribution in [2.24, 2.45) is 5.92 Å². The number of hydrogen-bond acceptors (Lipinski definition) is 4. The first-order chi connectivity index (χ1) is 13.5. The van der Waals surface area contributed by atoms with Crippen molar-refractivity contribution in [3.8, 4) is 5.75 Å². The number of sulfonamides is 1. The second-order valence-electron chi connectivity index (χ2n) is 7.78. The van der Waals surface area contributed by atoms with Crippen molar-refractivity contribution < 1.29 is 17.9 Å². The van der Waals surface area contributed by atoms with Crippen LogP contribution in [0.25, 0.3) is 0 Å². The van der Waals surface area contributed by atoms with Crippen LogP contribution in [0, 0.1) is 5.92 Å². The molecule has 156 valence electrons. The number of ether oxygens (including phenoxy) is 1. The zero-order chi connectivity index (χ0) is 20.0. The maximum Gasteiger partial charge on any atom is 0.243 e. The van der Waals surface area contributed by atoms with Gasteiger partial charge in [-0.1, -0.05) is 25.7 Å². The summed E-state index contributed by atoms with van der Waals surface area (Å²) in [6.07, 6.45) is 8.17. The molecule has 1 saturated carbocycles. The second-order valence-corrected chi connectivity index (χ2v) is 9.72. The van der Waals surface area contributed by atoms with Crippen molar-refractivity contribution >= 4 is 15.9 Å². The van der Waals surface area contributed by atoms with E-state index in [1.54, 1.807) is 24.3 Å². The van der Waals surface area contributed by atoms with Gasteiger partial charge in [0.25, 0.3) is 0 Å². The van der Waals surface area contributed by atoms with Crippen molar-refractivity contribution in [1.29, 1.82) is 0 Å². The molecule has 28 heavy (non-hydrogen) atoms. The minimum Gasteiger partial charge on any atom is -0.494 e. The molecule has 6 nitrogen and oxygen atoms in total. The fourth-order valence-corrected chi connectivity index (χ4v) is 5.59. The topological polar surface area (TPSA) is 75.7 Å². The Hall–Kier alpha value is -1.60. The first-order valence-corrected chi connectivity index (χ1v) is 12.0. The first-order valence-electron chi connectivity index (χ1n) is 10.5. The van der Waals surface area contributed by atoms with Crippen LogP contribution < -0.4 is 10.1 Å². The minimum absolute atomic E-state index is 0.0879.